The van der Waals surface area contributed by atoms with Gasteiger partial charge in [0, 0.05) is 17.7 Å². The first-order valence-electron chi connectivity index (χ1n) is 4.98. The van der Waals surface area contributed by atoms with Crippen molar-refractivity contribution in [1.82, 2.24) is 0 Å². The number of hydrogen-bond donors (Lipinski definition) is 0. The van der Waals surface area contributed by atoms with Gasteiger partial charge in [-0.2, -0.15) is 0 Å². The molecule has 1 aliphatic heterocycles. The summed E-state index contributed by atoms with van der Waals surface area (Å²) in [6.07, 6.45) is -0.451. The van der Waals surface area contributed by atoms with Crippen LogP contribution in [-0.2, 0) is 9.47 Å². The normalized spacial score (nSPS) is 16.7. The summed E-state index contributed by atoms with van der Waals surface area (Å²) in [4.78, 5) is 0. The molecule has 1 fully saturated rings. The van der Waals surface area contributed by atoms with Gasteiger partial charge in [-0.15, -0.1) is 0 Å². The van der Waals surface area contributed by atoms with Crippen molar-refractivity contribution in [3.8, 4) is 5.75 Å². The maximum atomic E-state index is 13.2. The average Bonchev–Trinajstić information content (AvgIpc) is 2.75. The summed E-state index contributed by atoms with van der Waals surface area (Å²) in [5, 5.41) is 0. The van der Waals surface area contributed by atoms with E-state index in [1.165, 1.54) is 6.92 Å². The Morgan fingerprint density at radius 3 is 2.38 bits per heavy atom. The molecule has 0 atom stereocenters. The molecule has 88 valence electrons. The van der Waals surface area contributed by atoms with Gasteiger partial charge in [-0.3, -0.25) is 0 Å². The third-order valence-corrected chi connectivity index (χ3v) is 2.33. The second kappa shape index (κ2) is 4.76. The lowest BCUT2D eigenvalue weighted by Crippen LogP contribution is -2.18. The van der Waals surface area contributed by atoms with E-state index >= 15 is 0 Å². The van der Waals surface area contributed by atoms with Crippen molar-refractivity contribution in [2.45, 2.75) is 13.2 Å². The molecule has 3 nitrogen and oxygen atoms in total. The van der Waals surface area contributed by atoms with Crippen LogP contribution in [0.3, 0.4) is 0 Å². The Bertz CT molecular complexity index is 352. The van der Waals surface area contributed by atoms with Crippen molar-refractivity contribution in [2.75, 3.05) is 19.8 Å². The molecule has 16 heavy (non-hydrogen) atoms. The summed E-state index contributed by atoms with van der Waals surface area (Å²) in [5.41, 5.74) is -0.0132. The molecule has 0 N–H and O–H groups in total. The molecule has 0 unspecified atom stereocenters. The van der Waals surface area contributed by atoms with Gasteiger partial charge in [-0.1, -0.05) is 0 Å². The van der Waals surface area contributed by atoms with E-state index in [0.717, 1.165) is 12.1 Å². The maximum absolute atomic E-state index is 13.2. The Hall–Kier alpha value is -1.20. The van der Waals surface area contributed by atoms with Crippen LogP contribution < -0.4 is 4.74 Å². The molecule has 1 aromatic carbocycles. The Morgan fingerprint density at radius 2 is 1.81 bits per heavy atom. The van der Waals surface area contributed by atoms with E-state index in [0.29, 0.717) is 13.2 Å². The topological polar surface area (TPSA) is 27.7 Å². The van der Waals surface area contributed by atoms with E-state index in [4.69, 9.17) is 14.2 Å². The van der Waals surface area contributed by atoms with Crippen LogP contribution in [0.15, 0.2) is 12.1 Å². The fourth-order valence-corrected chi connectivity index (χ4v) is 1.37. The highest BCUT2D eigenvalue weighted by molar-refractivity contribution is 5.29. The van der Waals surface area contributed by atoms with Gasteiger partial charge in [0.2, 0.25) is 0 Å². The first-order chi connectivity index (χ1) is 7.66. The fraction of sp³-hybridized carbons (Fsp3) is 0.455. The summed E-state index contributed by atoms with van der Waals surface area (Å²) in [5.74, 6) is -1.11. The zero-order valence-electron chi connectivity index (χ0n) is 8.83. The molecule has 1 heterocycles. The third-order valence-electron chi connectivity index (χ3n) is 2.33. The van der Waals surface area contributed by atoms with Crippen molar-refractivity contribution in [3.05, 3.63) is 29.3 Å². The summed E-state index contributed by atoms with van der Waals surface area (Å²) < 4.78 is 41.7. The lowest BCUT2D eigenvalue weighted by molar-refractivity contribution is -0.0685. The second-order valence-electron chi connectivity index (χ2n) is 3.49. The van der Waals surface area contributed by atoms with Gasteiger partial charge >= 0.3 is 0 Å². The average molecular weight is 230 g/mol. The molecule has 1 aromatic rings. The number of hydrogen-bond acceptors (Lipinski definition) is 3. The largest absolute Gasteiger partial charge is 0.488 e. The first-order valence-corrected chi connectivity index (χ1v) is 4.98. The SMILES string of the molecule is Cc1c(F)cc(OCC2OCCO2)cc1F. The van der Waals surface area contributed by atoms with Crippen LogP contribution in [0.2, 0.25) is 0 Å². The molecule has 0 bridgehead atoms. The van der Waals surface area contributed by atoms with Gasteiger partial charge in [0.25, 0.3) is 0 Å². The molecule has 0 spiro atoms. The van der Waals surface area contributed by atoms with Gasteiger partial charge in [-0.05, 0) is 6.92 Å². The Balaban J connectivity index is 1.98. The lowest BCUT2D eigenvalue weighted by Gasteiger charge is -2.11. The van der Waals surface area contributed by atoms with E-state index in [9.17, 15) is 8.78 Å². The number of benzene rings is 1. The number of halogens is 2. The molecule has 0 amide bonds. The monoisotopic (exact) mass is 230 g/mol. The van der Waals surface area contributed by atoms with Crippen LogP contribution >= 0.6 is 0 Å². The van der Waals surface area contributed by atoms with Crippen molar-refractivity contribution in [1.29, 1.82) is 0 Å². The minimum Gasteiger partial charge on any atom is -0.488 e. The van der Waals surface area contributed by atoms with E-state index in [2.05, 4.69) is 0 Å². The standard InChI is InChI=1S/C11H12F2O3/c1-7-9(12)4-8(5-10(7)13)16-6-11-14-2-3-15-11/h4-5,11H,2-3,6H2,1H3. The second-order valence-corrected chi connectivity index (χ2v) is 3.49. The molecular formula is C11H12F2O3. The van der Waals surface area contributed by atoms with Gasteiger partial charge in [-0.25, -0.2) is 8.78 Å². The summed E-state index contributed by atoms with van der Waals surface area (Å²) in [6, 6.07) is 2.29. The van der Waals surface area contributed by atoms with Crippen LogP contribution in [-0.4, -0.2) is 26.1 Å². The lowest BCUT2D eigenvalue weighted by atomic mass is 10.2. The summed E-state index contributed by atoms with van der Waals surface area (Å²) in [7, 11) is 0. The van der Waals surface area contributed by atoms with Crippen molar-refractivity contribution < 1.29 is 23.0 Å². The Labute approximate surface area is 91.9 Å². The molecule has 0 saturated carbocycles. The highest BCUT2D eigenvalue weighted by Crippen LogP contribution is 2.20. The number of ether oxygens (including phenoxy) is 3. The summed E-state index contributed by atoms with van der Waals surface area (Å²) in [6.45, 7) is 2.54. The van der Waals surface area contributed by atoms with E-state index < -0.39 is 17.9 Å². The molecular weight excluding hydrogens is 218 g/mol. The van der Waals surface area contributed by atoms with Crippen LogP contribution in [0.4, 0.5) is 8.78 Å². The highest BCUT2D eigenvalue weighted by Gasteiger charge is 2.17. The van der Waals surface area contributed by atoms with Gasteiger partial charge in [0.05, 0.1) is 13.2 Å². The molecule has 0 aromatic heterocycles. The van der Waals surface area contributed by atoms with Crippen molar-refractivity contribution in [2.24, 2.45) is 0 Å². The van der Waals surface area contributed by atoms with Gasteiger partial charge in [0.15, 0.2) is 6.29 Å². The first kappa shape index (κ1) is 11.3. The highest BCUT2D eigenvalue weighted by atomic mass is 19.1. The summed E-state index contributed by atoms with van der Waals surface area (Å²) >= 11 is 0. The van der Waals surface area contributed by atoms with Gasteiger partial charge in [0.1, 0.15) is 24.0 Å². The zero-order chi connectivity index (χ0) is 11.5. The fourth-order valence-electron chi connectivity index (χ4n) is 1.37. The van der Waals surface area contributed by atoms with Gasteiger partial charge < -0.3 is 14.2 Å². The molecule has 0 radical (unpaired) electrons. The van der Waals surface area contributed by atoms with Crippen molar-refractivity contribution in [3.63, 3.8) is 0 Å². The van der Waals surface area contributed by atoms with Crippen LogP contribution in [0.5, 0.6) is 5.75 Å². The minimum absolute atomic E-state index is 0.0132. The van der Waals surface area contributed by atoms with Crippen molar-refractivity contribution >= 4 is 0 Å². The predicted octanol–water partition coefficient (Wildman–Crippen LogP) is 2.02. The quantitative estimate of drug-likeness (QED) is 0.795. The van der Waals surface area contributed by atoms with Crippen LogP contribution in [0.1, 0.15) is 5.56 Å². The zero-order valence-corrected chi connectivity index (χ0v) is 8.83. The van der Waals surface area contributed by atoms with E-state index in [1.54, 1.807) is 0 Å². The Morgan fingerprint density at radius 1 is 1.25 bits per heavy atom. The predicted molar refractivity (Wildman–Crippen MR) is 52.3 cm³/mol. The van der Waals surface area contributed by atoms with E-state index in [1.807, 2.05) is 0 Å². The maximum Gasteiger partial charge on any atom is 0.191 e. The minimum atomic E-state index is -0.622. The molecule has 1 aliphatic rings. The van der Waals surface area contributed by atoms with Crippen LogP contribution in [0, 0.1) is 18.6 Å². The molecule has 1 saturated heterocycles. The Kier molecular flexibility index (Phi) is 3.36. The molecule has 2 rings (SSSR count). The smallest absolute Gasteiger partial charge is 0.191 e. The van der Waals surface area contributed by atoms with Crippen LogP contribution in [0.25, 0.3) is 0 Å². The third kappa shape index (κ3) is 2.48. The number of rotatable bonds is 3. The van der Waals surface area contributed by atoms with E-state index in [-0.39, 0.29) is 17.9 Å². The molecule has 5 heteroatoms. The molecule has 0 aliphatic carbocycles.